The van der Waals surface area contributed by atoms with Crippen LogP contribution in [0.5, 0.6) is 5.75 Å². The maximum absolute atomic E-state index is 12.7. The Kier molecular flexibility index (Phi) is 4.71. The third-order valence-electron chi connectivity index (χ3n) is 4.55. The van der Waals surface area contributed by atoms with Gasteiger partial charge in [-0.2, -0.15) is 4.98 Å². The number of aromatic nitrogens is 2. The predicted molar refractivity (Wildman–Crippen MR) is 98.0 cm³/mol. The first-order chi connectivity index (χ1) is 12.8. The van der Waals surface area contributed by atoms with Gasteiger partial charge in [0.25, 0.3) is 0 Å². The molecular weight excluding hydrogens is 350 g/mol. The molecule has 1 aliphatic heterocycles. The normalized spacial score (nSPS) is 16.8. The van der Waals surface area contributed by atoms with Gasteiger partial charge in [-0.15, -0.1) is 11.3 Å². The Hall–Kier alpha value is -2.67. The molecule has 0 unspecified atom stereocenters. The maximum Gasteiger partial charge on any atom is 0.249 e. The molecule has 0 N–H and O–H groups in total. The van der Waals surface area contributed by atoms with Crippen molar-refractivity contribution in [1.29, 1.82) is 0 Å². The van der Waals surface area contributed by atoms with Crippen molar-refractivity contribution in [2.45, 2.75) is 25.3 Å². The Labute approximate surface area is 155 Å². The van der Waals surface area contributed by atoms with Crippen LogP contribution in [0.3, 0.4) is 0 Å². The van der Waals surface area contributed by atoms with E-state index in [9.17, 15) is 4.79 Å². The van der Waals surface area contributed by atoms with Crippen molar-refractivity contribution >= 4 is 17.2 Å². The zero-order valence-corrected chi connectivity index (χ0v) is 15.2. The van der Waals surface area contributed by atoms with E-state index in [0.717, 1.165) is 29.8 Å². The first kappa shape index (κ1) is 16.8. The zero-order valence-electron chi connectivity index (χ0n) is 14.4. The van der Waals surface area contributed by atoms with Gasteiger partial charge < -0.3 is 14.2 Å². The number of benzene rings is 1. The Morgan fingerprint density at radius 3 is 3.04 bits per heavy atom. The Bertz CT molecular complexity index is 891. The molecule has 1 amide bonds. The fraction of sp³-hybridized carbons (Fsp3) is 0.316. The van der Waals surface area contributed by atoms with E-state index in [1.165, 1.54) is 0 Å². The summed E-state index contributed by atoms with van der Waals surface area (Å²) in [7, 11) is 1.61. The van der Waals surface area contributed by atoms with Crippen LogP contribution >= 0.6 is 11.3 Å². The fourth-order valence-electron chi connectivity index (χ4n) is 3.30. The predicted octanol–water partition coefficient (Wildman–Crippen LogP) is 3.71. The molecule has 0 aliphatic carbocycles. The number of carbonyl (C=O) groups is 1. The van der Waals surface area contributed by atoms with Crippen LogP contribution in [0.25, 0.3) is 11.4 Å². The number of hydrogen-bond acceptors (Lipinski definition) is 6. The van der Waals surface area contributed by atoms with Gasteiger partial charge in [0, 0.05) is 11.4 Å². The van der Waals surface area contributed by atoms with Crippen LogP contribution in [-0.2, 0) is 11.2 Å². The summed E-state index contributed by atoms with van der Waals surface area (Å²) in [5.41, 5.74) is 0.777. The highest BCUT2D eigenvalue weighted by Gasteiger charge is 2.34. The number of likely N-dealkylation sites (tertiary alicyclic amines) is 1. The summed E-state index contributed by atoms with van der Waals surface area (Å²) in [5.74, 6) is 1.77. The van der Waals surface area contributed by atoms with E-state index in [-0.39, 0.29) is 11.9 Å². The lowest BCUT2D eigenvalue weighted by Gasteiger charge is -2.21. The number of thiophene rings is 1. The Balaban J connectivity index is 1.55. The third kappa shape index (κ3) is 3.22. The van der Waals surface area contributed by atoms with Gasteiger partial charge in [-0.25, -0.2) is 0 Å². The Morgan fingerprint density at radius 1 is 1.35 bits per heavy atom. The number of nitrogens with zero attached hydrogens (tertiary/aromatic N) is 3. The molecule has 2 aromatic heterocycles. The molecule has 4 rings (SSSR count). The molecule has 26 heavy (non-hydrogen) atoms. The minimum atomic E-state index is -0.154. The van der Waals surface area contributed by atoms with Crippen LogP contribution in [0.15, 0.2) is 46.3 Å². The quantitative estimate of drug-likeness (QED) is 0.686. The first-order valence-corrected chi connectivity index (χ1v) is 9.43. The molecule has 1 fully saturated rings. The number of amides is 1. The van der Waals surface area contributed by atoms with Crippen LogP contribution in [0, 0.1) is 0 Å². The third-order valence-corrected chi connectivity index (χ3v) is 5.43. The number of rotatable bonds is 5. The van der Waals surface area contributed by atoms with Gasteiger partial charge in [0.05, 0.1) is 19.1 Å². The van der Waals surface area contributed by atoms with E-state index < -0.39 is 0 Å². The lowest BCUT2D eigenvalue weighted by molar-refractivity contribution is -0.131. The number of hydrogen-bond donors (Lipinski definition) is 0. The van der Waals surface area contributed by atoms with Gasteiger partial charge in [-0.1, -0.05) is 23.4 Å². The van der Waals surface area contributed by atoms with E-state index in [4.69, 9.17) is 9.26 Å². The lowest BCUT2D eigenvalue weighted by Crippen LogP contribution is -2.31. The van der Waals surface area contributed by atoms with Gasteiger partial charge >= 0.3 is 0 Å². The average molecular weight is 369 g/mol. The molecule has 3 aromatic rings. The molecule has 1 atom stereocenters. The summed E-state index contributed by atoms with van der Waals surface area (Å²) in [4.78, 5) is 20.2. The molecule has 7 heteroatoms. The zero-order chi connectivity index (χ0) is 17.9. The molecule has 0 saturated carbocycles. The summed E-state index contributed by atoms with van der Waals surface area (Å²) in [6, 6.07) is 11.3. The summed E-state index contributed by atoms with van der Waals surface area (Å²) in [5, 5.41) is 6.09. The van der Waals surface area contributed by atoms with Crippen molar-refractivity contribution in [2.75, 3.05) is 13.7 Å². The molecule has 1 aromatic carbocycles. The summed E-state index contributed by atoms with van der Waals surface area (Å²) in [6.45, 7) is 0.723. The molecule has 3 heterocycles. The Morgan fingerprint density at radius 2 is 2.23 bits per heavy atom. The number of ether oxygens (including phenoxy) is 1. The van der Waals surface area contributed by atoms with Gasteiger partial charge in [0.1, 0.15) is 11.8 Å². The maximum atomic E-state index is 12.7. The highest BCUT2D eigenvalue weighted by Crippen LogP contribution is 2.34. The van der Waals surface area contributed by atoms with E-state index >= 15 is 0 Å². The number of carbonyl (C=O) groups excluding carboxylic acids is 1. The second-order valence-corrected chi connectivity index (χ2v) is 7.19. The first-order valence-electron chi connectivity index (χ1n) is 8.55. The van der Waals surface area contributed by atoms with Crippen LogP contribution in [0.1, 0.15) is 29.7 Å². The van der Waals surface area contributed by atoms with Gasteiger partial charge in [0.15, 0.2) is 0 Å². The molecule has 1 aliphatic rings. The fourth-order valence-corrected chi connectivity index (χ4v) is 3.99. The topological polar surface area (TPSA) is 68.5 Å². The molecule has 0 spiro atoms. The van der Waals surface area contributed by atoms with Gasteiger partial charge in [0.2, 0.25) is 17.6 Å². The highest BCUT2D eigenvalue weighted by atomic mass is 32.1. The molecule has 0 bridgehead atoms. The van der Waals surface area contributed by atoms with E-state index in [1.54, 1.807) is 18.4 Å². The molecular formula is C19H19N3O3S. The minimum absolute atomic E-state index is 0.104. The SMILES string of the molecule is COc1ccccc1-c1noc([C@H]2CCCN2C(=O)Cc2cccs2)n1. The second-order valence-electron chi connectivity index (χ2n) is 6.16. The number of methoxy groups -OCH3 is 1. The average Bonchev–Trinajstić information content (AvgIpc) is 3.41. The molecule has 134 valence electrons. The summed E-state index contributed by atoms with van der Waals surface area (Å²) < 4.78 is 10.9. The standard InChI is InChI=1S/C19H19N3O3S/c1-24-16-9-3-2-7-14(16)18-20-19(25-21-18)15-8-4-10-22(15)17(23)12-13-6-5-11-26-13/h2-3,5-7,9,11,15H,4,8,10,12H2,1H3/t15-/m1/s1. The summed E-state index contributed by atoms with van der Waals surface area (Å²) in [6.07, 6.45) is 2.19. The van der Waals surface area contributed by atoms with Crippen molar-refractivity contribution in [3.63, 3.8) is 0 Å². The van der Waals surface area contributed by atoms with Crippen molar-refractivity contribution in [1.82, 2.24) is 15.0 Å². The number of para-hydroxylation sites is 1. The van der Waals surface area contributed by atoms with Crippen LogP contribution in [0.4, 0.5) is 0 Å². The van der Waals surface area contributed by atoms with Crippen LogP contribution < -0.4 is 4.74 Å². The van der Waals surface area contributed by atoms with Crippen molar-refractivity contribution in [3.8, 4) is 17.1 Å². The van der Waals surface area contributed by atoms with E-state index in [2.05, 4.69) is 10.1 Å². The summed E-state index contributed by atoms with van der Waals surface area (Å²) >= 11 is 1.60. The minimum Gasteiger partial charge on any atom is -0.496 e. The largest absolute Gasteiger partial charge is 0.496 e. The smallest absolute Gasteiger partial charge is 0.249 e. The van der Waals surface area contributed by atoms with E-state index in [0.29, 0.717) is 23.9 Å². The van der Waals surface area contributed by atoms with E-state index in [1.807, 2.05) is 46.7 Å². The van der Waals surface area contributed by atoms with Crippen molar-refractivity contribution in [2.24, 2.45) is 0 Å². The van der Waals surface area contributed by atoms with Gasteiger partial charge in [-0.3, -0.25) is 4.79 Å². The van der Waals surface area contributed by atoms with Gasteiger partial charge in [-0.05, 0) is 36.4 Å². The molecule has 0 radical (unpaired) electrons. The van der Waals surface area contributed by atoms with Crippen LogP contribution in [-0.4, -0.2) is 34.6 Å². The van der Waals surface area contributed by atoms with Crippen molar-refractivity contribution in [3.05, 3.63) is 52.5 Å². The molecule has 6 nitrogen and oxygen atoms in total. The van der Waals surface area contributed by atoms with Crippen LogP contribution in [0.2, 0.25) is 0 Å². The molecule has 1 saturated heterocycles. The lowest BCUT2D eigenvalue weighted by atomic mass is 10.2. The monoisotopic (exact) mass is 369 g/mol. The van der Waals surface area contributed by atoms with Crippen molar-refractivity contribution < 1.29 is 14.1 Å². The second kappa shape index (κ2) is 7.29. The highest BCUT2D eigenvalue weighted by molar-refractivity contribution is 7.10.